The zero-order valence-corrected chi connectivity index (χ0v) is 15.6. The van der Waals surface area contributed by atoms with E-state index >= 15 is 0 Å². The van der Waals surface area contributed by atoms with Crippen molar-refractivity contribution >= 4 is 44.0 Å². The highest BCUT2D eigenvalue weighted by molar-refractivity contribution is 9.10. The summed E-state index contributed by atoms with van der Waals surface area (Å²) < 4.78 is 2.70. The molecule has 0 bridgehead atoms. The van der Waals surface area contributed by atoms with Crippen LogP contribution in [0.4, 0.5) is 5.13 Å². The van der Waals surface area contributed by atoms with Crippen LogP contribution in [-0.4, -0.2) is 25.5 Å². The van der Waals surface area contributed by atoms with E-state index in [1.54, 1.807) is 4.40 Å². The summed E-state index contributed by atoms with van der Waals surface area (Å²) >= 11 is 4.85. The zero-order chi connectivity index (χ0) is 16.7. The molecule has 6 nitrogen and oxygen atoms in total. The number of aromatic nitrogens is 4. The third-order valence-electron chi connectivity index (χ3n) is 3.42. The number of fused-ring (bicyclic) bond motifs is 1. The lowest BCUT2D eigenvalue weighted by Gasteiger charge is -2.04. The summed E-state index contributed by atoms with van der Waals surface area (Å²) in [6.07, 6.45) is 1.84. The van der Waals surface area contributed by atoms with Crippen molar-refractivity contribution in [1.29, 1.82) is 0 Å². The summed E-state index contributed by atoms with van der Waals surface area (Å²) in [4.78, 5) is 17.2. The van der Waals surface area contributed by atoms with Gasteiger partial charge in [0, 0.05) is 16.6 Å². The second-order valence-electron chi connectivity index (χ2n) is 5.64. The van der Waals surface area contributed by atoms with Crippen LogP contribution in [0.1, 0.15) is 46.5 Å². The maximum absolute atomic E-state index is 12.7. The average Bonchev–Trinajstić information content (AvgIpc) is 3.03. The summed E-state index contributed by atoms with van der Waals surface area (Å²) in [5.41, 5.74) is 2.96. The van der Waals surface area contributed by atoms with E-state index in [1.807, 2.05) is 40.0 Å². The van der Waals surface area contributed by atoms with Crippen molar-refractivity contribution in [2.24, 2.45) is 0 Å². The van der Waals surface area contributed by atoms with Crippen LogP contribution < -0.4 is 5.32 Å². The fraction of sp³-hybridized carbons (Fsp3) is 0.333. The molecule has 0 radical (unpaired) electrons. The number of halogens is 1. The standard InChI is InChI=1S/C15H16BrN5OS/c1-7(2)14-19-20-15(23-14)18-13(22)11-9(4)17-12-8(3)5-10(16)6-21(11)12/h5-7H,1-4H3,(H,18,20,22). The Morgan fingerprint density at radius 3 is 2.74 bits per heavy atom. The molecule has 0 aliphatic carbocycles. The van der Waals surface area contributed by atoms with Crippen LogP contribution >= 0.6 is 27.3 Å². The van der Waals surface area contributed by atoms with Crippen molar-refractivity contribution in [3.8, 4) is 0 Å². The van der Waals surface area contributed by atoms with E-state index < -0.39 is 0 Å². The molecule has 0 aliphatic heterocycles. The van der Waals surface area contributed by atoms with E-state index in [-0.39, 0.29) is 11.8 Å². The first-order valence-corrected chi connectivity index (χ1v) is 8.77. The average molecular weight is 394 g/mol. The van der Waals surface area contributed by atoms with Crippen molar-refractivity contribution in [3.05, 3.63) is 38.7 Å². The first-order valence-electron chi connectivity index (χ1n) is 7.16. The maximum Gasteiger partial charge on any atom is 0.276 e. The van der Waals surface area contributed by atoms with Gasteiger partial charge in [0.05, 0.1) is 5.69 Å². The van der Waals surface area contributed by atoms with Crippen LogP contribution in [0.2, 0.25) is 0 Å². The van der Waals surface area contributed by atoms with Gasteiger partial charge in [-0.2, -0.15) is 0 Å². The largest absolute Gasteiger partial charge is 0.295 e. The van der Waals surface area contributed by atoms with E-state index in [1.165, 1.54) is 11.3 Å². The Hall–Kier alpha value is -1.80. The smallest absolute Gasteiger partial charge is 0.276 e. The number of hydrogen-bond acceptors (Lipinski definition) is 5. The summed E-state index contributed by atoms with van der Waals surface area (Å²) in [5.74, 6) is 0.0493. The fourth-order valence-corrected chi connectivity index (χ4v) is 3.62. The number of hydrogen-bond donors (Lipinski definition) is 1. The third kappa shape index (κ3) is 3.00. The Kier molecular flexibility index (Phi) is 4.20. The molecule has 3 rings (SSSR count). The quantitative estimate of drug-likeness (QED) is 0.731. The number of nitrogens with one attached hydrogen (secondary N) is 1. The van der Waals surface area contributed by atoms with Gasteiger partial charge in [-0.1, -0.05) is 25.2 Å². The molecular formula is C15H16BrN5OS. The van der Waals surface area contributed by atoms with Gasteiger partial charge in [0.25, 0.3) is 5.91 Å². The first-order chi connectivity index (χ1) is 10.9. The van der Waals surface area contributed by atoms with E-state index in [0.29, 0.717) is 16.5 Å². The number of pyridine rings is 1. The molecule has 3 heterocycles. The van der Waals surface area contributed by atoms with Crippen molar-refractivity contribution in [2.75, 3.05) is 5.32 Å². The Morgan fingerprint density at radius 1 is 1.35 bits per heavy atom. The third-order valence-corrected chi connectivity index (χ3v) is 4.99. The van der Waals surface area contributed by atoms with Crippen LogP contribution in [0.3, 0.4) is 0 Å². The van der Waals surface area contributed by atoms with Gasteiger partial charge < -0.3 is 0 Å². The second-order valence-corrected chi connectivity index (χ2v) is 7.56. The molecule has 0 fully saturated rings. The van der Waals surface area contributed by atoms with Gasteiger partial charge in [0.1, 0.15) is 16.3 Å². The number of nitrogens with zero attached hydrogens (tertiary/aromatic N) is 4. The molecule has 1 N–H and O–H groups in total. The molecule has 0 saturated carbocycles. The number of carbonyl (C=O) groups excluding carboxylic acids is 1. The van der Waals surface area contributed by atoms with Crippen LogP contribution in [0.5, 0.6) is 0 Å². The molecule has 3 aromatic heterocycles. The van der Waals surface area contributed by atoms with Crippen LogP contribution in [0, 0.1) is 13.8 Å². The van der Waals surface area contributed by atoms with Crippen molar-refractivity contribution in [1.82, 2.24) is 19.6 Å². The van der Waals surface area contributed by atoms with E-state index in [2.05, 4.69) is 36.4 Å². The lowest BCUT2D eigenvalue weighted by molar-refractivity contribution is 0.102. The molecule has 0 atom stereocenters. The van der Waals surface area contributed by atoms with E-state index in [0.717, 1.165) is 20.7 Å². The predicted octanol–water partition coefficient (Wildman–Crippen LogP) is 3.94. The zero-order valence-electron chi connectivity index (χ0n) is 13.2. The number of aryl methyl sites for hydroxylation is 2. The number of anilines is 1. The number of amides is 1. The highest BCUT2D eigenvalue weighted by Gasteiger charge is 2.20. The topological polar surface area (TPSA) is 72.2 Å². The number of rotatable bonds is 3. The molecule has 0 aromatic carbocycles. The van der Waals surface area contributed by atoms with Gasteiger partial charge in [-0.05, 0) is 41.4 Å². The van der Waals surface area contributed by atoms with E-state index in [9.17, 15) is 4.79 Å². The minimum absolute atomic E-state index is 0.237. The monoisotopic (exact) mass is 393 g/mol. The van der Waals surface area contributed by atoms with Gasteiger partial charge in [0.2, 0.25) is 5.13 Å². The van der Waals surface area contributed by atoms with Crippen molar-refractivity contribution in [2.45, 2.75) is 33.6 Å². The molecule has 23 heavy (non-hydrogen) atoms. The van der Waals surface area contributed by atoms with Gasteiger partial charge >= 0.3 is 0 Å². The molecule has 0 unspecified atom stereocenters. The number of imidazole rings is 1. The summed E-state index contributed by atoms with van der Waals surface area (Å²) in [6.45, 7) is 7.88. The normalized spacial score (nSPS) is 11.4. The molecule has 8 heteroatoms. The minimum Gasteiger partial charge on any atom is -0.295 e. The Labute approximate surface area is 146 Å². The van der Waals surface area contributed by atoms with Crippen LogP contribution in [0.25, 0.3) is 5.65 Å². The molecule has 120 valence electrons. The lowest BCUT2D eigenvalue weighted by atomic mass is 10.2. The van der Waals surface area contributed by atoms with Gasteiger partial charge in [0.15, 0.2) is 0 Å². The molecule has 0 saturated heterocycles. The lowest BCUT2D eigenvalue weighted by Crippen LogP contribution is -2.15. The highest BCUT2D eigenvalue weighted by atomic mass is 79.9. The predicted molar refractivity (Wildman–Crippen MR) is 94.3 cm³/mol. The Morgan fingerprint density at radius 2 is 2.09 bits per heavy atom. The second kappa shape index (κ2) is 6.01. The van der Waals surface area contributed by atoms with E-state index in [4.69, 9.17) is 0 Å². The summed E-state index contributed by atoms with van der Waals surface area (Å²) in [6, 6.07) is 1.98. The highest BCUT2D eigenvalue weighted by Crippen LogP contribution is 2.24. The van der Waals surface area contributed by atoms with Crippen molar-refractivity contribution in [3.63, 3.8) is 0 Å². The van der Waals surface area contributed by atoms with Crippen molar-refractivity contribution < 1.29 is 4.79 Å². The van der Waals surface area contributed by atoms with Gasteiger partial charge in [-0.3, -0.25) is 14.5 Å². The minimum atomic E-state index is -0.237. The molecule has 0 aliphatic rings. The van der Waals surface area contributed by atoms with Crippen LogP contribution in [0.15, 0.2) is 16.7 Å². The number of carbonyl (C=O) groups is 1. The summed E-state index contributed by atoms with van der Waals surface area (Å²) in [7, 11) is 0. The SMILES string of the molecule is Cc1nc2c(C)cc(Br)cn2c1C(=O)Nc1nnc(C(C)C)s1. The molecular weight excluding hydrogens is 378 g/mol. The van der Waals surface area contributed by atoms with Gasteiger partial charge in [-0.25, -0.2) is 4.98 Å². The molecule has 3 aromatic rings. The molecule has 1 amide bonds. The Bertz CT molecular complexity index is 899. The fourth-order valence-electron chi connectivity index (χ4n) is 2.33. The maximum atomic E-state index is 12.7. The molecule has 0 spiro atoms. The Balaban J connectivity index is 1.98. The van der Waals surface area contributed by atoms with Gasteiger partial charge in [-0.15, -0.1) is 10.2 Å². The summed E-state index contributed by atoms with van der Waals surface area (Å²) in [5, 5.41) is 12.3. The first kappa shape index (κ1) is 16.1. The van der Waals surface area contributed by atoms with Crippen LogP contribution in [-0.2, 0) is 0 Å².